The van der Waals surface area contributed by atoms with Gasteiger partial charge in [-0.2, -0.15) is 0 Å². The fraction of sp³-hybridized carbons (Fsp3) is 0.333. The Bertz CT molecular complexity index is 881. The van der Waals surface area contributed by atoms with E-state index in [1.54, 1.807) is 24.3 Å². The molecule has 2 aromatic carbocycles. The monoisotopic (exact) mass is 384 g/mol. The average molecular weight is 385 g/mol. The normalized spacial score (nSPS) is 19.5. The number of amides is 2. The van der Waals surface area contributed by atoms with Gasteiger partial charge in [0, 0.05) is 11.0 Å². The van der Waals surface area contributed by atoms with E-state index in [1.807, 2.05) is 12.1 Å². The molecule has 3 aliphatic rings. The summed E-state index contributed by atoms with van der Waals surface area (Å²) in [6.45, 7) is 3.01. The Morgan fingerprint density at radius 3 is 2.33 bits per heavy atom. The number of nitrogens with zero attached hydrogens (tertiary/aromatic N) is 1. The topological polar surface area (TPSA) is 58.6 Å². The van der Waals surface area contributed by atoms with Crippen molar-refractivity contribution in [2.45, 2.75) is 24.8 Å². The van der Waals surface area contributed by atoms with Gasteiger partial charge in [0.1, 0.15) is 5.75 Å². The van der Waals surface area contributed by atoms with Crippen LogP contribution in [-0.4, -0.2) is 36.4 Å². The van der Waals surface area contributed by atoms with Gasteiger partial charge in [-0.05, 0) is 55.8 Å². The van der Waals surface area contributed by atoms with Crippen molar-refractivity contribution in [1.29, 1.82) is 0 Å². The first kappa shape index (κ1) is 18.0. The number of benzene rings is 2. The molecule has 0 unspecified atom stereocenters. The quantitative estimate of drug-likeness (QED) is 0.809. The molecule has 0 atom stereocenters. The third kappa shape index (κ3) is 2.73. The zero-order valence-electron chi connectivity index (χ0n) is 14.9. The van der Waals surface area contributed by atoms with Gasteiger partial charge < -0.3 is 10.1 Å². The fourth-order valence-electron chi connectivity index (χ4n) is 4.39. The Labute approximate surface area is 164 Å². The summed E-state index contributed by atoms with van der Waals surface area (Å²) in [5.74, 6) is 0.524. The van der Waals surface area contributed by atoms with E-state index >= 15 is 0 Å². The lowest BCUT2D eigenvalue weighted by Gasteiger charge is -2.32. The average Bonchev–Trinajstić information content (AvgIpc) is 3.14. The molecule has 0 aliphatic carbocycles. The molecule has 2 amide bonds. The van der Waals surface area contributed by atoms with E-state index < -0.39 is 0 Å². The molecular formula is C21H21ClN2O3. The Hall–Kier alpha value is -2.37. The van der Waals surface area contributed by atoms with Crippen LogP contribution in [0.5, 0.6) is 5.75 Å². The number of carbonyl (C=O) groups excluding carboxylic acids is 2. The summed E-state index contributed by atoms with van der Waals surface area (Å²) >= 11 is 0. The first-order valence-electron chi connectivity index (χ1n) is 9.10. The Kier molecular flexibility index (Phi) is 4.44. The molecule has 3 aliphatic heterocycles. The van der Waals surface area contributed by atoms with Crippen molar-refractivity contribution >= 4 is 24.2 Å². The number of hydrogen-bond donors (Lipinski definition) is 1. The highest BCUT2D eigenvalue weighted by molar-refractivity contribution is 6.21. The molecule has 0 saturated carbocycles. The summed E-state index contributed by atoms with van der Waals surface area (Å²) in [5.41, 5.74) is 3.27. The summed E-state index contributed by atoms with van der Waals surface area (Å²) in [6.07, 6.45) is 2.10. The van der Waals surface area contributed by atoms with Crippen LogP contribution in [0.25, 0.3) is 0 Å². The number of hydrogen-bond acceptors (Lipinski definition) is 4. The summed E-state index contributed by atoms with van der Waals surface area (Å²) < 4.78 is 5.93. The van der Waals surface area contributed by atoms with Gasteiger partial charge in [-0.25, -0.2) is 0 Å². The molecule has 0 aromatic heterocycles. The first-order chi connectivity index (χ1) is 12.7. The van der Waals surface area contributed by atoms with Crippen LogP contribution in [0.15, 0.2) is 42.5 Å². The maximum atomic E-state index is 12.6. The minimum atomic E-state index is -0.209. The van der Waals surface area contributed by atoms with Crippen molar-refractivity contribution in [2.75, 3.05) is 19.7 Å². The van der Waals surface area contributed by atoms with Crippen LogP contribution in [0, 0.1) is 0 Å². The zero-order chi connectivity index (χ0) is 17.7. The van der Waals surface area contributed by atoms with Crippen molar-refractivity contribution in [3.63, 3.8) is 0 Å². The van der Waals surface area contributed by atoms with Crippen molar-refractivity contribution in [1.82, 2.24) is 10.2 Å². The summed E-state index contributed by atoms with van der Waals surface area (Å²) in [7, 11) is 0. The number of nitrogens with one attached hydrogen (secondary N) is 1. The molecule has 1 N–H and O–H groups in total. The maximum absolute atomic E-state index is 12.6. The number of imide groups is 1. The SMILES string of the molecule is Cl.O=C1c2ccccc2C(=O)N1Cc1ccc2c(c1)C1(CCNCC1)CO2. The Morgan fingerprint density at radius 2 is 1.67 bits per heavy atom. The Morgan fingerprint density at radius 1 is 1.00 bits per heavy atom. The highest BCUT2D eigenvalue weighted by atomic mass is 35.5. The molecule has 0 radical (unpaired) electrons. The van der Waals surface area contributed by atoms with Crippen LogP contribution >= 0.6 is 12.4 Å². The highest BCUT2D eigenvalue weighted by Gasteiger charge is 2.42. The molecular weight excluding hydrogens is 364 g/mol. The smallest absolute Gasteiger partial charge is 0.261 e. The van der Waals surface area contributed by atoms with E-state index in [0.29, 0.717) is 17.7 Å². The molecule has 140 valence electrons. The predicted molar refractivity (Wildman–Crippen MR) is 104 cm³/mol. The van der Waals surface area contributed by atoms with Crippen molar-refractivity contribution in [3.8, 4) is 5.75 Å². The molecule has 3 heterocycles. The number of fused-ring (bicyclic) bond motifs is 3. The molecule has 1 saturated heterocycles. The summed E-state index contributed by atoms with van der Waals surface area (Å²) in [4.78, 5) is 26.6. The number of ether oxygens (including phenoxy) is 1. The van der Waals surface area contributed by atoms with Gasteiger partial charge in [-0.3, -0.25) is 14.5 Å². The van der Waals surface area contributed by atoms with Crippen molar-refractivity contribution < 1.29 is 14.3 Å². The molecule has 6 heteroatoms. The van der Waals surface area contributed by atoms with Gasteiger partial charge in [0.15, 0.2) is 0 Å². The van der Waals surface area contributed by atoms with Gasteiger partial charge in [-0.1, -0.05) is 18.2 Å². The molecule has 1 spiro atoms. The van der Waals surface area contributed by atoms with E-state index in [-0.39, 0.29) is 29.6 Å². The standard InChI is InChI=1S/C21H20N2O3.ClH/c24-19-15-3-1-2-4-16(15)20(25)23(19)12-14-5-6-18-17(11-14)21(13-26-18)7-9-22-10-8-21;/h1-6,11,22H,7-10,12-13H2;1H. The second-order valence-corrected chi connectivity index (χ2v) is 7.39. The van der Waals surface area contributed by atoms with E-state index in [4.69, 9.17) is 4.74 Å². The van der Waals surface area contributed by atoms with Gasteiger partial charge in [0.25, 0.3) is 11.8 Å². The van der Waals surface area contributed by atoms with Crippen LogP contribution in [0.2, 0.25) is 0 Å². The van der Waals surface area contributed by atoms with Crippen LogP contribution < -0.4 is 10.1 Å². The van der Waals surface area contributed by atoms with Crippen LogP contribution in [-0.2, 0) is 12.0 Å². The zero-order valence-corrected chi connectivity index (χ0v) is 15.7. The molecule has 2 aromatic rings. The highest BCUT2D eigenvalue weighted by Crippen LogP contribution is 2.45. The van der Waals surface area contributed by atoms with Crippen LogP contribution in [0.4, 0.5) is 0 Å². The van der Waals surface area contributed by atoms with Crippen LogP contribution in [0.1, 0.15) is 44.7 Å². The lowest BCUT2D eigenvalue weighted by atomic mass is 9.74. The second-order valence-electron chi connectivity index (χ2n) is 7.39. The third-order valence-electron chi connectivity index (χ3n) is 5.90. The summed E-state index contributed by atoms with van der Waals surface area (Å²) in [5, 5.41) is 3.41. The number of carbonyl (C=O) groups is 2. The minimum Gasteiger partial charge on any atom is -0.492 e. The van der Waals surface area contributed by atoms with Crippen molar-refractivity contribution in [2.24, 2.45) is 0 Å². The van der Waals surface area contributed by atoms with Crippen molar-refractivity contribution in [3.05, 3.63) is 64.7 Å². The lowest BCUT2D eigenvalue weighted by molar-refractivity contribution is 0.0642. The van der Waals surface area contributed by atoms with E-state index in [0.717, 1.165) is 43.9 Å². The van der Waals surface area contributed by atoms with Gasteiger partial charge in [0.2, 0.25) is 0 Å². The van der Waals surface area contributed by atoms with Gasteiger partial charge >= 0.3 is 0 Å². The minimum absolute atomic E-state index is 0. The maximum Gasteiger partial charge on any atom is 0.261 e. The number of rotatable bonds is 2. The number of halogens is 1. The molecule has 27 heavy (non-hydrogen) atoms. The predicted octanol–water partition coefficient (Wildman–Crippen LogP) is 2.92. The first-order valence-corrected chi connectivity index (χ1v) is 9.10. The molecule has 0 bridgehead atoms. The molecule has 5 rings (SSSR count). The summed E-state index contributed by atoms with van der Waals surface area (Å²) in [6, 6.07) is 13.1. The molecule has 1 fully saturated rings. The fourth-order valence-corrected chi connectivity index (χ4v) is 4.39. The van der Waals surface area contributed by atoms with Gasteiger partial charge in [-0.15, -0.1) is 12.4 Å². The third-order valence-corrected chi connectivity index (χ3v) is 5.90. The largest absolute Gasteiger partial charge is 0.492 e. The van der Waals surface area contributed by atoms with Crippen LogP contribution in [0.3, 0.4) is 0 Å². The lowest BCUT2D eigenvalue weighted by Crippen LogP contribution is -2.41. The van der Waals surface area contributed by atoms with E-state index in [1.165, 1.54) is 10.5 Å². The van der Waals surface area contributed by atoms with E-state index in [9.17, 15) is 9.59 Å². The van der Waals surface area contributed by atoms with E-state index in [2.05, 4.69) is 11.4 Å². The second kappa shape index (κ2) is 6.66. The molecule has 5 nitrogen and oxygen atoms in total. The number of piperidine rings is 1. The van der Waals surface area contributed by atoms with Gasteiger partial charge in [0.05, 0.1) is 24.3 Å². The Balaban J connectivity index is 0.00000180.